The molecule has 1 amide bonds. The van der Waals surface area contributed by atoms with Crippen molar-refractivity contribution in [2.75, 3.05) is 14.2 Å². The topological polar surface area (TPSA) is 70.8 Å². The zero-order valence-corrected chi connectivity index (χ0v) is 12.0. The minimum absolute atomic E-state index is 0.329. The molecule has 0 aliphatic rings. The fourth-order valence-electron chi connectivity index (χ4n) is 1.86. The van der Waals surface area contributed by atoms with Crippen LogP contribution in [0, 0.1) is 0 Å². The molecule has 0 bridgehead atoms. The van der Waals surface area contributed by atoms with Gasteiger partial charge in [-0.1, -0.05) is 6.07 Å². The maximum Gasteiger partial charge on any atom is 0.248 e. The zero-order chi connectivity index (χ0) is 15.2. The average molecular weight is 287 g/mol. The van der Waals surface area contributed by atoms with Gasteiger partial charge in [0, 0.05) is 11.6 Å². The van der Waals surface area contributed by atoms with Crippen molar-refractivity contribution in [3.8, 4) is 17.2 Å². The quantitative estimate of drug-likeness (QED) is 0.885. The van der Waals surface area contributed by atoms with Gasteiger partial charge < -0.3 is 19.9 Å². The van der Waals surface area contributed by atoms with Crippen LogP contribution in [0.2, 0.25) is 0 Å². The van der Waals surface area contributed by atoms with Crippen LogP contribution in [0.15, 0.2) is 42.5 Å². The molecule has 0 atom stereocenters. The van der Waals surface area contributed by atoms with E-state index in [2.05, 4.69) is 0 Å². The summed E-state index contributed by atoms with van der Waals surface area (Å²) in [5.74, 6) is 1.48. The van der Waals surface area contributed by atoms with Crippen LogP contribution in [0.5, 0.6) is 17.2 Å². The predicted octanol–water partition coefficient (Wildman–Crippen LogP) is 2.38. The van der Waals surface area contributed by atoms with Crippen LogP contribution in [0.3, 0.4) is 0 Å². The van der Waals surface area contributed by atoms with E-state index >= 15 is 0 Å². The summed E-state index contributed by atoms with van der Waals surface area (Å²) in [5.41, 5.74) is 6.55. The number of rotatable bonds is 6. The molecule has 2 N–H and O–H groups in total. The van der Waals surface area contributed by atoms with Gasteiger partial charge in [-0.3, -0.25) is 4.79 Å². The monoisotopic (exact) mass is 287 g/mol. The van der Waals surface area contributed by atoms with Crippen molar-refractivity contribution < 1.29 is 19.0 Å². The standard InChI is InChI=1S/C16H17NO4/c1-19-14-6-11(7-15(9-14)20-2)10-21-13-5-3-4-12(8-13)16(17)18/h3-9H,10H2,1-2H3,(H2,17,18). The Morgan fingerprint density at radius 3 is 2.24 bits per heavy atom. The first-order valence-electron chi connectivity index (χ1n) is 6.37. The number of carbonyl (C=O) groups is 1. The highest BCUT2D eigenvalue weighted by molar-refractivity contribution is 5.93. The van der Waals surface area contributed by atoms with Crippen LogP contribution in [0.4, 0.5) is 0 Å². The molecule has 0 heterocycles. The first-order chi connectivity index (χ1) is 10.1. The Morgan fingerprint density at radius 1 is 1.00 bits per heavy atom. The Hall–Kier alpha value is -2.69. The van der Waals surface area contributed by atoms with E-state index in [4.69, 9.17) is 19.9 Å². The number of primary amides is 1. The van der Waals surface area contributed by atoms with Crippen LogP contribution in [0.1, 0.15) is 15.9 Å². The normalized spacial score (nSPS) is 10.0. The highest BCUT2D eigenvalue weighted by atomic mass is 16.5. The lowest BCUT2D eigenvalue weighted by molar-refractivity contribution is 0.1000. The Kier molecular flexibility index (Phi) is 4.66. The maximum absolute atomic E-state index is 11.1. The van der Waals surface area contributed by atoms with Gasteiger partial charge in [0.25, 0.3) is 0 Å². The molecular weight excluding hydrogens is 270 g/mol. The van der Waals surface area contributed by atoms with Gasteiger partial charge in [-0.05, 0) is 35.9 Å². The number of hydrogen-bond donors (Lipinski definition) is 1. The highest BCUT2D eigenvalue weighted by Crippen LogP contribution is 2.23. The smallest absolute Gasteiger partial charge is 0.248 e. The summed E-state index contributed by atoms with van der Waals surface area (Å²) < 4.78 is 16.1. The van der Waals surface area contributed by atoms with E-state index in [1.165, 1.54) is 0 Å². The number of nitrogens with two attached hydrogens (primary N) is 1. The van der Waals surface area contributed by atoms with E-state index in [1.54, 1.807) is 44.6 Å². The van der Waals surface area contributed by atoms with Crippen molar-refractivity contribution in [1.29, 1.82) is 0 Å². The minimum atomic E-state index is -0.483. The molecule has 2 rings (SSSR count). The van der Waals surface area contributed by atoms with Gasteiger partial charge in [0.1, 0.15) is 23.9 Å². The molecule has 0 spiro atoms. The Morgan fingerprint density at radius 2 is 1.67 bits per heavy atom. The number of methoxy groups -OCH3 is 2. The maximum atomic E-state index is 11.1. The number of ether oxygens (including phenoxy) is 3. The molecule has 5 nitrogen and oxygen atoms in total. The Bertz CT molecular complexity index is 618. The first-order valence-corrected chi connectivity index (χ1v) is 6.37. The van der Waals surface area contributed by atoms with Crippen molar-refractivity contribution in [2.24, 2.45) is 5.73 Å². The largest absolute Gasteiger partial charge is 0.497 e. The molecule has 0 aliphatic carbocycles. The van der Waals surface area contributed by atoms with Crippen molar-refractivity contribution in [3.63, 3.8) is 0 Å². The molecule has 0 saturated carbocycles. The third-order valence-corrected chi connectivity index (χ3v) is 2.94. The van der Waals surface area contributed by atoms with E-state index in [0.29, 0.717) is 29.4 Å². The molecule has 0 aliphatic heterocycles. The van der Waals surface area contributed by atoms with Crippen molar-refractivity contribution in [3.05, 3.63) is 53.6 Å². The van der Waals surface area contributed by atoms with Crippen LogP contribution in [-0.4, -0.2) is 20.1 Å². The Labute approximate surface area is 123 Å². The van der Waals surface area contributed by atoms with Crippen molar-refractivity contribution >= 4 is 5.91 Å². The van der Waals surface area contributed by atoms with Crippen LogP contribution in [0.25, 0.3) is 0 Å². The summed E-state index contributed by atoms with van der Waals surface area (Å²) in [7, 11) is 3.19. The summed E-state index contributed by atoms with van der Waals surface area (Å²) in [6, 6.07) is 12.3. The molecule has 0 aromatic heterocycles. The summed E-state index contributed by atoms with van der Waals surface area (Å²) in [4.78, 5) is 11.1. The third kappa shape index (κ3) is 3.89. The van der Waals surface area contributed by atoms with Gasteiger partial charge in [0.2, 0.25) is 5.91 Å². The van der Waals surface area contributed by atoms with Crippen LogP contribution in [-0.2, 0) is 6.61 Å². The van der Waals surface area contributed by atoms with E-state index in [1.807, 2.05) is 12.1 Å². The van der Waals surface area contributed by atoms with Crippen LogP contribution < -0.4 is 19.9 Å². The fraction of sp³-hybridized carbons (Fsp3) is 0.188. The third-order valence-electron chi connectivity index (χ3n) is 2.94. The molecule has 0 saturated heterocycles. The van der Waals surface area contributed by atoms with Gasteiger partial charge in [-0.25, -0.2) is 0 Å². The van der Waals surface area contributed by atoms with E-state index in [-0.39, 0.29) is 0 Å². The number of carbonyl (C=O) groups excluding carboxylic acids is 1. The summed E-state index contributed by atoms with van der Waals surface area (Å²) >= 11 is 0. The lowest BCUT2D eigenvalue weighted by Gasteiger charge is -2.10. The summed E-state index contributed by atoms with van der Waals surface area (Å²) in [6.45, 7) is 0.329. The Balaban J connectivity index is 2.12. The second-order valence-electron chi connectivity index (χ2n) is 4.40. The van der Waals surface area contributed by atoms with Crippen molar-refractivity contribution in [1.82, 2.24) is 0 Å². The molecule has 2 aromatic rings. The molecule has 0 unspecified atom stereocenters. The van der Waals surface area contributed by atoms with E-state index in [9.17, 15) is 4.79 Å². The molecule has 21 heavy (non-hydrogen) atoms. The second kappa shape index (κ2) is 6.65. The minimum Gasteiger partial charge on any atom is -0.497 e. The van der Waals surface area contributed by atoms with Gasteiger partial charge in [0.15, 0.2) is 0 Å². The number of hydrogen-bond acceptors (Lipinski definition) is 4. The van der Waals surface area contributed by atoms with Crippen LogP contribution >= 0.6 is 0 Å². The molecule has 2 aromatic carbocycles. The SMILES string of the molecule is COc1cc(COc2cccc(C(N)=O)c2)cc(OC)c1. The van der Waals surface area contributed by atoms with E-state index < -0.39 is 5.91 Å². The lowest BCUT2D eigenvalue weighted by atomic mass is 10.2. The van der Waals surface area contributed by atoms with Crippen molar-refractivity contribution in [2.45, 2.75) is 6.61 Å². The van der Waals surface area contributed by atoms with Gasteiger partial charge in [-0.2, -0.15) is 0 Å². The summed E-state index contributed by atoms with van der Waals surface area (Å²) in [5, 5.41) is 0. The molecular formula is C16H17NO4. The lowest BCUT2D eigenvalue weighted by Crippen LogP contribution is -2.10. The number of amides is 1. The zero-order valence-electron chi connectivity index (χ0n) is 12.0. The summed E-state index contributed by atoms with van der Waals surface area (Å²) in [6.07, 6.45) is 0. The average Bonchev–Trinajstić information content (AvgIpc) is 2.52. The van der Waals surface area contributed by atoms with E-state index in [0.717, 1.165) is 5.56 Å². The highest BCUT2D eigenvalue weighted by Gasteiger charge is 2.05. The second-order valence-corrected chi connectivity index (χ2v) is 4.40. The molecule has 0 radical (unpaired) electrons. The number of benzene rings is 2. The molecule has 110 valence electrons. The first kappa shape index (κ1) is 14.7. The predicted molar refractivity (Wildman–Crippen MR) is 78.8 cm³/mol. The fourth-order valence-corrected chi connectivity index (χ4v) is 1.86. The van der Waals surface area contributed by atoms with Gasteiger partial charge in [-0.15, -0.1) is 0 Å². The molecule has 5 heteroatoms. The van der Waals surface area contributed by atoms with Gasteiger partial charge >= 0.3 is 0 Å². The molecule has 0 fully saturated rings. The van der Waals surface area contributed by atoms with Gasteiger partial charge in [0.05, 0.1) is 14.2 Å².